The van der Waals surface area contributed by atoms with Gasteiger partial charge in [-0.15, -0.1) is 0 Å². The van der Waals surface area contributed by atoms with Gasteiger partial charge in [0.25, 0.3) is 0 Å². The van der Waals surface area contributed by atoms with Crippen LogP contribution in [-0.2, 0) is 18.1 Å². The second-order valence-electron chi connectivity index (χ2n) is 8.35. The van der Waals surface area contributed by atoms with E-state index < -0.39 is 30.6 Å². The molecule has 0 heterocycles. The second-order valence-corrected chi connectivity index (χ2v) is 21.7. The molecule has 0 radical (unpaired) electrons. The summed E-state index contributed by atoms with van der Waals surface area (Å²) in [5.41, 5.74) is -0.995. The molecule has 0 aromatic rings. The number of hydrogen-bond donors (Lipinski definition) is 0. The molecule has 1 atom stereocenters. The van der Waals surface area contributed by atoms with Crippen LogP contribution in [0.25, 0.3) is 0 Å². The lowest BCUT2D eigenvalue weighted by atomic mass is 10.1. The third-order valence-electron chi connectivity index (χ3n) is 2.14. The molecule has 4 nitrogen and oxygen atoms in total. The summed E-state index contributed by atoms with van der Waals surface area (Å²) in [6.45, 7) is 20.6. The van der Waals surface area contributed by atoms with Crippen LogP contribution in [0.1, 0.15) is 6.92 Å². The Hall–Kier alpha value is 0.0406. The summed E-state index contributed by atoms with van der Waals surface area (Å²) in [4.78, 5) is 12.5. The quantitative estimate of drug-likeness (QED) is 0.663. The molecule has 0 amide bonds. The van der Waals surface area contributed by atoms with E-state index in [-0.39, 0.29) is 12.6 Å². The largest absolute Gasteiger partial charge is 0.518 e. The minimum Gasteiger partial charge on any atom is -0.518 e. The summed E-state index contributed by atoms with van der Waals surface area (Å²) >= 11 is 0. The molecule has 0 aromatic carbocycles. The lowest BCUT2D eigenvalue weighted by Gasteiger charge is -2.37. The van der Waals surface area contributed by atoms with E-state index in [1.165, 1.54) is 0 Å². The van der Waals surface area contributed by atoms with Crippen molar-refractivity contribution in [2.45, 2.75) is 71.4 Å². The molecule has 0 aliphatic carbocycles. The lowest BCUT2D eigenvalue weighted by molar-refractivity contribution is -0.155. The Morgan fingerprint density at radius 3 is 1.60 bits per heavy atom. The Morgan fingerprint density at radius 1 is 0.850 bits per heavy atom. The van der Waals surface area contributed by atoms with Gasteiger partial charge in [0.2, 0.25) is 8.32 Å². The number of carbonyl (C=O) groups is 1. The summed E-state index contributed by atoms with van der Waals surface area (Å²) in [6, 6.07) is 0. The minimum atomic E-state index is -1.94. The molecule has 1 unspecified atom stereocenters. The predicted octanol–water partition coefficient (Wildman–Crippen LogP) is 3.83. The summed E-state index contributed by atoms with van der Waals surface area (Å²) in [5, 5.41) is 0. The molecule has 20 heavy (non-hydrogen) atoms. The zero-order valence-electron chi connectivity index (χ0n) is 14.8. The van der Waals surface area contributed by atoms with E-state index in [0.29, 0.717) is 0 Å². The van der Waals surface area contributed by atoms with Crippen molar-refractivity contribution in [1.29, 1.82) is 0 Å². The summed E-state index contributed by atoms with van der Waals surface area (Å²) in [7, 11) is -5.52. The van der Waals surface area contributed by atoms with Gasteiger partial charge in [0.15, 0.2) is 22.2 Å². The van der Waals surface area contributed by atoms with Crippen LogP contribution >= 0.6 is 0 Å². The molecule has 0 fully saturated rings. The molecule has 0 rings (SSSR count). The van der Waals surface area contributed by atoms with Crippen molar-refractivity contribution in [3.63, 3.8) is 0 Å². The van der Waals surface area contributed by atoms with Crippen molar-refractivity contribution in [2.24, 2.45) is 0 Å². The van der Waals surface area contributed by atoms with Gasteiger partial charge in [-0.3, -0.25) is 4.79 Å². The monoisotopic (exact) mass is 336 g/mol. The lowest BCUT2D eigenvalue weighted by Crippen LogP contribution is -2.54. The molecule has 0 N–H and O–H groups in total. The van der Waals surface area contributed by atoms with Crippen LogP contribution in [0.4, 0.5) is 0 Å². The highest BCUT2D eigenvalue weighted by molar-refractivity contribution is 6.72. The van der Waals surface area contributed by atoms with Gasteiger partial charge in [-0.05, 0) is 65.8 Å². The Morgan fingerprint density at radius 2 is 1.30 bits per heavy atom. The zero-order chi connectivity index (χ0) is 16.4. The topological polar surface area (TPSA) is 44.8 Å². The standard InChI is InChI=1S/C13H32O4Si3/c1-13(17-20(8,9)10,11-15-18(2,3)4)12(14)16-19(5,6)7/h11H2,1-10H3. The molecule has 0 aromatic heterocycles. The summed E-state index contributed by atoms with van der Waals surface area (Å²) < 4.78 is 17.7. The zero-order valence-corrected chi connectivity index (χ0v) is 17.8. The average molecular weight is 337 g/mol. The highest BCUT2D eigenvalue weighted by Crippen LogP contribution is 2.23. The van der Waals surface area contributed by atoms with Gasteiger partial charge in [0, 0.05) is 0 Å². The normalized spacial score (nSPS) is 16.7. The van der Waals surface area contributed by atoms with Crippen LogP contribution in [0, 0.1) is 0 Å². The molecule has 0 aliphatic heterocycles. The van der Waals surface area contributed by atoms with E-state index in [1.807, 2.05) is 19.6 Å². The maximum absolute atomic E-state index is 12.5. The molecule has 0 bridgehead atoms. The van der Waals surface area contributed by atoms with Crippen LogP contribution in [-0.4, -0.2) is 43.1 Å². The maximum atomic E-state index is 12.5. The van der Waals surface area contributed by atoms with Crippen molar-refractivity contribution < 1.29 is 18.1 Å². The van der Waals surface area contributed by atoms with Crippen molar-refractivity contribution in [2.75, 3.05) is 6.61 Å². The predicted molar refractivity (Wildman–Crippen MR) is 91.6 cm³/mol. The first-order chi connectivity index (χ1) is 8.54. The number of rotatable bonds is 7. The van der Waals surface area contributed by atoms with Crippen LogP contribution in [0.5, 0.6) is 0 Å². The van der Waals surface area contributed by atoms with Crippen LogP contribution < -0.4 is 0 Å². The van der Waals surface area contributed by atoms with Crippen molar-refractivity contribution in [3.8, 4) is 0 Å². The van der Waals surface area contributed by atoms with Gasteiger partial charge in [-0.1, -0.05) is 0 Å². The molecule has 0 aliphatic rings. The van der Waals surface area contributed by atoms with Crippen molar-refractivity contribution >= 4 is 30.9 Å². The highest BCUT2D eigenvalue weighted by Gasteiger charge is 2.43. The van der Waals surface area contributed by atoms with E-state index in [9.17, 15) is 4.79 Å². The Balaban J connectivity index is 5.10. The van der Waals surface area contributed by atoms with E-state index in [4.69, 9.17) is 13.3 Å². The Bertz CT molecular complexity index is 339. The number of carbonyl (C=O) groups excluding carboxylic acids is 1. The molecular weight excluding hydrogens is 304 g/mol. The first-order valence-corrected chi connectivity index (χ1v) is 17.3. The van der Waals surface area contributed by atoms with E-state index >= 15 is 0 Å². The van der Waals surface area contributed by atoms with Gasteiger partial charge >= 0.3 is 5.97 Å². The SMILES string of the molecule is CC(CO[Si](C)(C)C)(O[Si](C)(C)C)C(=O)O[Si](C)(C)C. The van der Waals surface area contributed by atoms with Gasteiger partial charge in [-0.25, -0.2) is 0 Å². The molecule has 0 saturated carbocycles. The summed E-state index contributed by atoms with van der Waals surface area (Å²) in [5.74, 6) is -0.280. The van der Waals surface area contributed by atoms with Crippen LogP contribution in [0.15, 0.2) is 0 Å². The van der Waals surface area contributed by atoms with E-state index in [0.717, 1.165) is 0 Å². The average Bonchev–Trinajstić information content (AvgIpc) is 2.08. The van der Waals surface area contributed by atoms with Gasteiger partial charge < -0.3 is 13.3 Å². The third kappa shape index (κ3) is 9.06. The van der Waals surface area contributed by atoms with E-state index in [1.54, 1.807) is 6.92 Å². The Kier molecular flexibility index (Phi) is 6.44. The maximum Gasteiger partial charge on any atom is 0.326 e. The van der Waals surface area contributed by atoms with Crippen LogP contribution in [0.2, 0.25) is 58.9 Å². The molecular formula is C13H32O4Si3. The molecule has 0 saturated heterocycles. The smallest absolute Gasteiger partial charge is 0.326 e. The molecule has 7 heteroatoms. The van der Waals surface area contributed by atoms with Crippen molar-refractivity contribution in [3.05, 3.63) is 0 Å². The third-order valence-corrected chi connectivity index (χ3v) is 5.01. The van der Waals surface area contributed by atoms with E-state index in [2.05, 4.69) is 39.3 Å². The van der Waals surface area contributed by atoms with Crippen molar-refractivity contribution in [1.82, 2.24) is 0 Å². The minimum absolute atomic E-state index is 0.274. The van der Waals surface area contributed by atoms with Crippen LogP contribution in [0.3, 0.4) is 0 Å². The summed E-state index contributed by atoms with van der Waals surface area (Å²) in [6.07, 6.45) is 0. The Labute approximate surface area is 127 Å². The van der Waals surface area contributed by atoms with Gasteiger partial charge in [-0.2, -0.15) is 0 Å². The fourth-order valence-electron chi connectivity index (χ4n) is 1.55. The fourth-order valence-corrected chi connectivity index (χ4v) is 4.52. The number of hydrogen-bond acceptors (Lipinski definition) is 4. The van der Waals surface area contributed by atoms with Gasteiger partial charge in [0.1, 0.15) is 0 Å². The highest BCUT2D eigenvalue weighted by atomic mass is 28.4. The molecule has 0 spiro atoms. The first-order valence-electron chi connectivity index (χ1n) is 7.12. The second kappa shape index (κ2) is 6.43. The first kappa shape index (κ1) is 20.0. The fraction of sp³-hybridized carbons (Fsp3) is 0.923. The molecule has 120 valence electrons. The van der Waals surface area contributed by atoms with Gasteiger partial charge in [0.05, 0.1) is 6.61 Å².